The molecule has 1 fully saturated rings. The molecule has 0 unspecified atom stereocenters. The molecule has 2 aromatic rings. The fourth-order valence-electron chi connectivity index (χ4n) is 2.87. The monoisotopic (exact) mass is 346 g/mol. The van der Waals surface area contributed by atoms with Gasteiger partial charge in [-0.1, -0.05) is 37.3 Å². The number of aliphatic hydroxyl groups excluding tert-OH is 1. The zero-order valence-electron chi connectivity index (χ0n) is 14.6. The minimum absolute atomic E-state index is 0.150. The van der Waals surface area contributed by atoms with E-state index in [4.69, 9.17) is 9.47 Å². The number of morpholine rings is 1. The molecule has 0 saturated carbocycles. The second-order valence-corrected chi connectivity index (χ2v) is 6.27. The number of aromatic amines is 1. The lowest BCUT2D eigenvalue weighted by molar-refractivity contribution is -0.0565. The second kappa shape index (κ2) is 9.05. The maximum Gasteiger partial charge on any atom is 0.180 e. The Balaban J connectivity index is 1.42. The van der Waals surface area contributed by atoms with E-state index in [1.807, 2.05) is 37.3 Å². The Hall–Kier alpha value is -1.80. The second-order valence-electron chi connectivity index (χ2n) is 6.27. The normalized spacial score (nSPS) is 19.8. The number of aromatic nitrogens is 3. The predicted molar refractivity (Wildman–Crippen MR) is 93.0 cm³/mol. The van der Waals surface area contributed by atoms with Crippen LogP contribution >= 0.6 is 0 Å². The highest BCUT2D eigenvalue weighted by Gasteiger charge is 2.26. The largest absolute Gasteiger partial charge is 0.389 e. The number of β-amino-alcohol motifs (C(OH)–C–C–N with tert-alkyl or cyclic N) is 1. The average molecular weight is 346 g/mol. The number of hydrogen-bond acceptors (Lipinski definition) is 6. The zero-order valence-corrected chi connectivity index (χ0v) is 14.6. The molecule has 2 atom stereocenters. The molecule has 2 heterocycles. The van der Waals surface area contributed by atoms with Gasteiger partial charge in [-0.3, -0.25) is 10.00 Å². The number of nitrogens with one attached hydrogen (secondary N) is 1. The number of aliphatic hydroxyl groups is 1. The number of ether oxygens (including phenoxy) is 2. The molecule has 2 N–H and O–H groups in total. The van der Waals surface area contributed by atoms with E-state index in [9.17, 15) is 5.11 Å². The van der Waals surface area contributed by atoms with Crippen molar-refractivity contribution in [3.63, 3.8) is 0 Å². The molecule has 1 aromatic carbocycles. The van der Waals surface area contributed by atoms with Crippen LogP contribution in [0.3, 0.4) is 0 Å². The molecule has 3 rings (SSSR count). The summed E-state index contributed by atoms with van der Waals surface area (Å²) >= 11 is 0. The topological polar surface area (TPSA) is 83.5 Å². The summed E-state index contributed by atoms with van der Waals surface area (Å²) in [5, 5.41) is 17.4. The highest BCUT2D eigenvalue weighted by molar-refractivity contribution is 5.13. The quantitative estimate of drug-likeness (QED) is 0.750. The number of aryl methyl sites for hydroxylation is 1. The van der Waals surface area contributed by atoms with Gasteiger partial charge in [-0.15, -0.1) is 0 Å². The fourth-order valence-corrected chi connectivity index (χ4v) is 2.87. The van der Waals surface area contributed by atoms with Gasteiger partial charge < -0.3 is 14.6 Å². The lowest BCUT2D eigenvalue weighted by Crippen LogP contribution is -2.43. The number of hydrogen-bond donors (Lipinski definition) is 2. The summed E-state index contributed by atoms with van der Waals surface area (Å²) in [5.74, 6) is 1.56. The first-order chi connectivity index (χ1) is 12.2. The van der Waals surface area contributed by atoms with Crippen molar-refractivity contribution in [3.05, 3.63) is 47.5 Å². The summed E-state index contributed by atoms with van der Waals surface area (Å²) in [5.41, 5.74) is 1.11. The Morgan fingerprint density at radius 1 is 1.40 bits per heavy atom. The molecule has 0 spiro atoms. The zero-order chi connectivity index (χ0) is 17.5. The third-order valence-electron chi connectivity index (χ3n) is 4.21. The van der Waals surface area contributed by atoms with Gasteiger partial charge in [-0.05, 0) is 5.56 Å². The van der Waals surface area contributed by atoms with Crippen LogP contribution in [0.4, 0.5) is 0 Å². The predicted octanol–water partition coefficient (Wildman–Crippen LogP) is 1.32. The molecule has 1 aliphatic rings. The Morgan fingerprint density at radius 2 is 2.24 bits per heavy atom. The Morgan fingerprint density at radius 3 is 3.00 bits per heavy atom. The Kier molecular flexibility index (Phi) is 6.52. The summed E-state index contributed by atoms with van der Waals surface area (Å²) < 4.78 is 11.4. The van der Waals surface area contributed by atoms with E-state index in [-0.39, 0.29) is 6.10 Å². The van der Waals surface area contributed by atoms with Gasteiger partial charge in [0.1, 0.15) is 11.9 Å². The van der Waals surface area contributed by atoms with Crippen LogP contribution in [0, 0.1) is 0 Å². The first kappa shape index (κ1) is 18.0. The molecule has 1 aromatic heterocycles. The molecule has 136 valence electrons. The lowest BCUT2D eigenvalue weighted by Gasteiger charge is -2.32. The smallest absolute Gasteiger partial charge is 0.180 e. The molecule has 0 bridgehead atoms. The van der Waals surface area contributed by atoms with Crippen LogP contribution in [-0.2, 0) is 22.5 Å². The van der Waals surface area contributed by atoms with Gasteiger partial charge in [0.05, 0.1) is 25.9 Å². The minimum Gasteiger partial charge on any atom is -0.389 e. The van der Waals surface area contributed by atoms with Gasteiger partial charge in [0, 0.05) is 26.1 Å². The third kappa shape index (κ3) is 5.34. The first-order valence-electron chi connectivity index (χ1n) is 8.79. The van der Waals surface area contributed by atoms with Crippen molar-refractivity contribution in [1.82, 2.24) is 20.1 Å². The van der Waals surface area contributed by atoms with Crippen molar-refractivity contribution in [3.8, 4) is 0 Å². The summed E-state index contributed by atoms with van der Waals surface area (Å²) in [7, 11) is 0. The highest BCUT2D eigenvalue weighted by Crippen LogP contribution is 2.19. The van der Waals surface area contributed by atoms with E-state index >= 15 is 0 Å². The van der Waals surface area contributed by atoms with Crippen molar-refractivity contribution in [1.29, 1.82) is 0 Å². The fraction of sp³-hybridized carbons (Fsp3) is 0.556. The van der Waals surface area contributed by atoms with E-state index in [2.05, 4.69) is 20.1 Å². The van der Waals surface area contributed by atoms with Gasteiger partial charge in [-0.2, -0.15) is 5.10 Å². The van der Waals surface area contributed by atoms with Crippen LogP contribution in [0.2, 0.25) is 0 Å². The standard InChI is InChI=1S/C18H26N4O3/c1-2-17-19-18(21-20-17)16-11-22(8-9-25-16)10-15(23)13-24-12-14-6-4-3-5-7-14/h3-7,15-16,23H,2,8-13H2,1H3,(H,19,20,21)/t15-,16-/m0/s1. The van der Waals surface area contributed by atoms with Gasteiger partial charge in [0.15, 0.2) is 5.82 Å². The van der Waals surface area contributed by atoms with Crippen LogP contribution in [-0.4, -0.2) is 64.1 Å². The van der Waals surface area contributed by atoms with Crippen molar-refractivity contribution in [2.45, 2.75) is 32.2 Å². The summed E-state index contributed by atoms with van der Waals surface area (Å²) in [6.45, 7) is 5.49. The SMILES string of the molecule is CCc1nc([C@@H]2CN(C[C@H](O)COCc3ccccc3)CCO2)n[nH]1. The third-order valence-corrected chi connectivity index (χ3v) is 4.21. The molecule has 7 heteroatoms. The summed E-state index contributed by atoms with van der Waals surface area (Å²) in [6, 6.07) is 9.97. The van der Waals surface area contributed by atoms with Gasteiger partial charge in [0.2, 0.25) is 0 Å². The maximum atomic E-state index is 10.2. The van der Waals surface area contributed by atoms with Crippen LogP contribution in [0.15, 0.2) is 30.3 Å². The van der Waals surface area contributed by atoms with E-state index in [0.717, 1.165) is 24.4 Å². The number of benzene rings is 1. The maximum absolute atomic E-state index is 10.2. The summed E-state index contributed by atoms with van der Waals surface area (Å²) in [4.78, 5) is 6.62. The van der Waals surface area contributed by atoms with Gasteiger partial charge in [0.25, 0.3) is 0 Å². The van der Waals surface area contributed by atoms with Crippen LogP contribution in [0.25, 0.3) is 0 Å². The molecular weight excluding hydrogens is 320 g/mol. The highest BCUT2D eigenvalue weighted by atomic mass is 16.5. The molecule has 1 aliphatic heterocycles. The molecule has 0 amide bonds. The van der Waals surface area contributed by atoms with E-state index in [0.29, 0.717) is 38.7 Å². The van der Waals surface area contributed by atoms with Crippen molar-refractivity contribution in [2.75, 3.05) is 32.8 Å². The Labute approximate surface area is 148 Å². The van der Waals surface area contributed by atoms with E-state index < -0.39 is 6.10 Å². The van der Waals surface area contributed by atoms with E-state index in [1.165, 1.54) is 0 Å². The molecule has 0 aliphatic carbocycles. The van der Waals surface area contributed by atoms with Crippen molar-refractivity contribution < 1.29 is 14.6 Å². The van der Waals surface area contributed by atoms with Crippen molar-refractivity contribution >= 4 is 0 Å². The minimum atomic E-state index is -0.527. The lowest BCUT2D eigenvalue weighted by atomic mass is 10.2. The summed E-state index contributed by atoms with van der Waals surface area (Å²) in [6.07, 6.45) is 0.143. The molecule has 1 saturated heterocycles. The number of nitrogens with zero attached hydrogens (tertiary/aromatic N) is 3. The van der Waals surface area contributed by atoms with Crippen LogP contribution in [0.1, 0.15) is 30.2 Å². The van der Waals surface area contributed by atoms with Crippen LogP contribution < -0.4 is 0 Å². The first-order valence-corrected chi connectivity index (χ1v) is 8.79. The van der Waals surface area contributed by atoms with E-state index in [1.54, 1.807) is 0 Å². The van der Waals surface area contributed by atoms with Gasteiger partial charge >= 0.3 is 0 Å². The molecule has 0 radical (unpaired) electrons. The molecular formula is C18H26N4O3. The average Bonchev–Trinajstić information content (AvgIpc) is 3.12. The number of H-pyrrole nitrogens is 1. The Bertz CT molecular complexity index is 634. The molecule has 25 heavy (non-hydrogen) atoms. The molecule has 7 nitrogen and oxygen atoms in total. The van der Waals surface area contributed by atoms with Crippen molar-refractivity contribution in [2.24, 2.45) is 0 Å². The number of rotatable bonds is 8. The van der Waals surface area contributed by atoms with Gasteiger partial charge in [-0.25, -0.2) is 4.98 Å². The van der Waals surface area contributed by atoms with Crippen LogP contribution in [0.5, 0.6) is 0 Å².